The minimum absolute atomic E-state index is 0.416. The molecule has 3 rings (SSSR count). The van der Waals surface area contributed by atoms with Gasteiger partial charge in [-0.25, -0.2) is 4.98 Å². The second-order valence-electron chi connectivity index (χ2n) is 5.18. The number of aromatic nitrogens is 2. The number of nitrogens with zero attached hydrogens (tertiary/aromatic N) is 2. The minimum Gasteiger partial charge on any atom is -0.335 e. The highest BCUT2D eigenvalue weighted by Crippen LogP contribution is 2.36. The third-order valence-electron chi connectivity index (χ3n) is 3.98. The van der Waals surface area contributed by atoms with E-state index in [0.29, 0.717) is 12.0 Å². The molecule has 0 radical (unpaired) electrons. The first-order valence-electron chi connectivity index (χ1n) is 6.41. The highest BCUT2D eigenvalue weighted by Gasteiger charge is 2.22. The predicted octanol–water partition coefficient (Wildman–Crippen LogP) is 2.56. The molecule has 0 aliphatic heterocycles. The minimum atomic E-state index is 0.416. The Kier molecular flexibility index (Phi) is 2.63. The lowest BCUT2D eigenvalue weighted by atomic mass is 9.82. The summed E-state index contributed by atoms with van der Waals surface area (Å²) >= 11 is 0. The van der Waals surface area contributed by atoms with Crippen LogP contribution in [0.5, 0.6) is 0 Å². The molecular weight excluding hydrogens is 210 g/mol. The van der Waals surface area contributed by atoms with Gasteiger partial charge in [-0.3, -0.25) is 0 Å². The van der Waals surface area contributed by atoms with Crippen molar-refractivity contribution in [2.75, 3.05) is 0 Å². The van der Waals surface area contributed by atoms with Crippen LogP contribution in [0.25, 0.3) is 11.0 Å². The number of rotatable bonds is 1. The van der Waals surface area contributed by atoms with Crippen LogP contribution in [0.1, 0.15) is 37.2 Å². The Labute approximate surface area is 102 Å². The van der Waals surface area contributed by atoms with Gasteiger partial charge in [0.2, 0.25) is 0 Å². The van der Waals surface area contributed by atoms with E-state index in [2.05, 4.69) is 28.9 Å². The standard InChI is InChI=1S/C14H19N3/c1-17-9-13(10-4-6-11(15)7-5-10)12-3-2-8-16-14(12)17/h2-3,8-11H,4-7,15H2,1H3. The summed E-state index contributed by atoms with van der Waals surface area (Å²) in [7, 11) is 2.08. The van der Waals surface area contributed by atoms with E-state index in [1.54, 1.807) is 0 Å². The number of nitrogens with two attached hydrogens (primary N) is 1. The molecule has 1 aliphatic rings. The molecule has 0 aromatic carbocycles. The van der Waals surface area contributed by atoms with Crippen LogP contribution in [-0.2, 0) is 7.05 Å². The zero-order valence-corrected chi connectivity index (χ0v) is 10.3. The maximum absolute atomic E-state index is 5.98. The Morgan fingerprint density at radius 2 is 2.06 bits per heavy atom. The molecular formula is C14H19N3. The van der Waals surface area contributed by atoms with Crippen molar-refractivity contribution in [3.8, 4) is 0 Å². The van der Waals surface area contributed by atoms with Crippen LogP contribution in [0.15, 0.2) is 24.5 Å². The van der Waals surface area contributed by atoms with E-state index in [-0.39, 0.29) is 0 Å². The van der Waals surface area contributed by atoms with Crippen LogP contribution in [0, 0.1) is 0 Å². The molecule has 0 bridgehead atoms. The summed E-state index contributed by atoms with van der Waals surface area (Å²) in [4.78, 5) is 4.45. The Hall–Kier alpha value is -1.35. The van der Waals surface area contributed by atoms with Gasteiger partial charge in [-0.2, -0.15) is 0 Å². The van der Waals surface area contributed by atoms with Gasteiger partial charge < -0.3 is 10.3 Å². The monoisotopic (exact) mass is 229 g/mol. The largest absolute Gasteiger partial charge is 0.335 e. The Morgan fingerprint density at radius 1 is 1.29 bits per heavy atom. The van der Waals surface area contributed by atoms with Crippen LogP contribution in [-0.4, -0.2) is 15.6 Å². The molecule has 0 unspecified atom stereocenters. The molecule has 17 heavy (non-hydrogen) atoms. The first kappa shape index (κ1) is 10.8. The second kappa shape index (κ2) is 4.15. The van der Waals surface area contributed by atoms with Gasteiger partial charge in [-0.05, 0) is 49.3 Å². The second-order valence-corrected chi connectivity index (χ2v) is 5.18. The fourth-order valence-corrected chi connectivity index (χ4v) is 3.00. The van der Waals surface area contributed by atoms with Crippen molar-refractivity contribution in [1.82, 2.24) is 9.55 Å². The summed E-state index contributed by atoms with van der Waals surface area (Å²) in [6.45, 7) is 0. The van der Waals surface area contributed by atoms with Gasteiger partial charge in [0.15, 0.2) is 0 Å². The lowest BCUT2D eigenvalue weighted by Gasteiger charge is -2.25. The third kappa shape index (κ3) is 1.84. The van der Waals surface area contributed by atoms with E-state index in [4.69, 9.17) is 5.73 Å². The highest BCUT2D eigenvalue weighted by atomic mass is 15.0. The molecule has 0 amide bonds. The van der Waals surface area contributed by atoms with Crippen molar-refractivity contribution >= 4 is 11.0 Å². The molecule has 90 valence electrons. The van der Waals surface area contributed by atoms with Crippen LogP contribution >= 0.6 is 0 Å². The molecule has 2 heterocycles. The summed E-state index contributed by atoms with van der Waals surface area (Å²) in [6.07, 6.45) is 8.86. The van der Waals surface area contributed by atoms with Crippen molar-refractivity contribution in [1.29, 1.82) is 0 Å². The SMILES string of the molecule is Cn1cc(C2CCC(N)CC2)c2cccnc21. The van der Waals surface area contributed by atoms with Gasteiger partial charge in [0.25, 0.3) is 0 Å². The van der Waals surface area contributed by atoms with E-state index < -0.39 is 0 Å². The maximum atomic E-state index is 5.98. The zero-order valence-electron chi connectivity index (χ0n) is 10.3. The number of aryl methyl sites for hydroxylation is 1. The van der Waals surface area contributed by atoms with Crippen LogP contribution < -0.4 is 5.73 Å². The summed E-state index contributed by atoms with van der Waals surface area (Å²) in [5.41, 5.74) is 8.53. The van der Waals surface area contributed by atoms with Gasteiger partial charge in [-0.1, -0.05) is 0 Å². The summed E-state index contributed by atoms with van der Waals surface area (Å²) in [5.74, 6) is 0.669. The molecule has 1 fully saturated rings. The van der Waals surface area contributed by atoms with Crippen molar-refractivity contribution in [3.63, 3.8) is 0 Å². The topological polar surface area (TPSA) is 43.8 Å². The molecule has 2 aromatic rings. The Bertz CT molecular complexity index is 521. The van der Waals surface area contributed by atoms with Gasteiger partial charge >= 0.3 is 0 Å². The van der Waals surface area contributed by atoms with E-state index in [0.717, 1.165) is 18.5 Å². The number of hydrogen-bond donors (Lipinski definition) is 1. The Morgan fingerprint density at radius 3 is 2.82 bits per heavy atom. The number of hydrogen-bond acceptors (Lipinski definition) is 2. The summed E-state index contributed by atoms with van der Waals surface area (Å²) in [6, 6.07) is 4.63. The van der Waals surface area contributed by atoms with E-state index in [1.165, 1.54) is 23.8 Å². The lowest BCUT2D eigenvalue weighted by molar-refractivity contribution is 0.396. The van der Waals surface area contributed by atoms with E-state index in [9.17, 15) is 0 Å². The number of fused-ring (bicyclic) bond motifs is 1. The van der Waals surface area contributed by atoms with Crippen molar-refractivity contribution < 1.29 is 0 Å². The van der Waals surface area contributed by atoms with Gasteiger partial charge in [0.05, 0.1) is 0 Å². The van der Waals surface area contributed by atoms with Crippen LogP contribution in [0.2, 0.25) is 0 Å². The lowest BCUT2D eigenvalue weighted by Crippen LogP contribution is -2.25. The molecule has 0 spiro atoms. The molecule has 1 aliphatic carbocycles. The van der Waals surface area contributed by atoms with Crippen molar-refractivity contribution in [2.45, 2.75) is 37.6 Å². The van der Waals surface area contributed by atoms with Crippen LogP contribution in [0.4, 0.5) is 0 Å². The molecule has 0 saturated heterocycles. The predicted molar refractivity (Wildman–Crippen MR) is 69.9 cm³/mol. The van der Waals surface area contributed by atoms with E-state index in [1.807, 2.05) is 12.3 Å². The van der Waals surface area contributed by atoms with E-state index >= 15 is 0 Å². The normalized spacial score (nSPS) is 25.3. The average Bonchev–Trinajstić information content (AvgIpc) is 2.69. The first-order chi connectivity index (χ1) is 8.25. The van der Waals surface area contributed by atoms with Crippen LogP contribution in [0.3, 0.4) is 0 Å². The van der Waals surface area contributed by atoms with Crippen molar-refractivity contribution in [3.05, 3.63) is 30.1 Å². The average molecular weight is 229 g/mol. The fraction of sp³-hybridized carbons (Fsp3) is 0.500. The number of pyridine rings is 1. The molecule has 0 atom stereocenters. The smallest absolute Gasteiger partial charge is 0.139 e. The maximum Gasteiger partial charge on any atom is 0.139 e. The zero-order chi connectivity index (χ0) is 11.8. The molecule has 2 aromatic heterocycles. The Balaban J connectivity index is 2.00. The van der Waals surface area contributed by atoms with Crippen molar-refractivity contribution in [2.24, 2.45) is 12.8 Å². The highest BCUT2D eigenvalue weighted by molar-refractivity contribution is 5.80. The summed E-state index contributed by atoms with van der Waals surface area (Å²) < 4.78 is 2.14. The fourth-order valence-electron chi connectivity index (χ4n) is 3.00. The quantitative estimate of drug-likeness (QED) is 0.816. The molecule has 3 nitrogen and oxygen atoms in total. The van der Waals surface area contributed by atoms with Gasteiger partial charge in [0, 0.05) is 30.9 Å². The summed E-state index contributed by atoms with van der Waals surface area (Å²) in [5, 5.41) is 1.32. The molecule has 2 N–H and O–H groups in total. The molecule has 1 saturated carbocycles. The first-order valence-corrected chi connectivity index (χ1v) is 6.41. The molecule has 3 heteroatoms. The third-order valence-corrected chi connectivity index (χ3v) is 3.98. The van der Waals surface area contributed by atoms with Gasteiger partial charge in [0.1, 0.15) is 5.65 Å². The van der Waals surface area contributed by atoms with Gasteiger partial charge in [-0.15, -0.1) is 0 Å².